The Balaban J connectivity index is 1.91. The lowest BCUT2D eigenvalue weighted by Gasteiger charge is -2.19. The number of hydrogen-bond donors (Lipinski definition) is 1. The average Bonchev–Trinajstić information content (AvgIpc) is 2.62. The second-order valence-corrected chi connectivity index (χ2v) is 4.81. The first-order valence-corrected chi connectivity index (χ1v) is 6.96. The van der Waals surface area contributed by atoms with Gasteiger partial charge in [0.05, 0.1) is 6.54 Å². The number of nitrogens with zero attached hydrogens (tertiary/aromatic N) is 1. The summed E-state index contributed by atoms with van der Waals surface area (Å²) in [4.78, 5) is 25.0. The van der Waals surface area contributed by atoms with E-state index in [-0.39, 0.29) is 11.8 Å². The number of benzene rings is 1. The molecule has 0 radical (unpaired) electrons. The van der Waals surface area contributed by atoms with Crippen LogP contribution in [0.3, 0.4) is 0 Å². The van der Waals surface area contributed by atoms with E-state index in [9.17, 15) is 9.59 Å². The molecule has 0 aromatic heterocycles. The van der Waals surface area contributed by atoms with Crippen LogP contribution in [0.1, 0.15) is 31.2 Å². The molecular weight excluding hydrogens is 256 g/mol. The number of ether oxygens (including phenoxy) is 1. The molecule has 1 aromatic carbocycles. The summed E-state index contributed by atoms with van der Waals surface area (Å²) in [6.45, 7) is 1.00. The van der Waals surface area contributed by atoms with Gasteiger partial charge in [-0.25, -0.2) is 0 Å². The minimum atomic E-state index is -0.0942. The van der Waals surface area contributed by atoms with Gasteiger partial charge in [0.1, 0.15) is 12.4 Å². The van der Waals surface area contributed by atoms with Gasteiger partial charge >= 0.3 is 0 Å². The highest BCUT2D eigenvalue weighted by Gasteiger charge is 2.23. The van der Waals surface area contributed by atoms with Crippen molar-refractivity contribution in [3.05, 3.63) is 29.8 Å². The van der Waals surface area contributed by atoms with Crippen LogP contribution in [0.5, 0.6) is 5.75 Å². The standard InChI is InChI=1S/C15H20N2O3/c16-11-12-5-1-2-6-13(12)20-10-9-17-14(18)7-3-4-8-15(17)19/h1-2,5-6H,3-4,7-11,16H2. The molecule has 0 bridgehead atoms. The largest absolute Gasteiger partial charge is 0.491 e. The predicted molar refractivity (Wildman–Crippen MR) is 75.0 cm³/mol. The van der Waals surface area contributed by atoms with Gasteiger partial charge in [0.2, 0.25) is 11.8 Å². The summed E-state index contributed by atoms with van der Waals surface area (Å²) >= 11 is 0. The monoisotopic (exact) mass is 276 g/mol. The Kier molecular flexibility index (Phi) is 5.12. The van der Waals surface area contributed by atoms with Crippen molar-refractivity contribution in [2.75, 3.05) is 13.2 Å². The summed E-state index contributed by atoms with van der Waals surface area (Å²) in [5, 5.41) is 0. The SMILES string of the molecule is NCc1ccccc1OCCN1C(=O)CCCCC1=O. The zero-order valence-electron chi connectivity index (χ0n) is 11.5. The number of imide groups is 1. The minimum Gasteiger partial charge on any atom is -0.491 e. The quantitative estimate of drug-likeness (QED) is 0.826. The van der Waals surface area contributed by atoms with Crippen LogP contribution < -0.4 is 10.5 Å². The van der Waals surface area contributed by atoms with Crippen molar-refractivity contribution in [1.29, 1.82) is 0 Å². The van der Waals surface area contributed by atoms with Crippen LogP contribution in [0.25, 0.3) is 0 Å². The highest BCUT2D eigenvalue weighted by molar-refractivity contribution is 5.95. The van der Waals surface area contributed by atoms with E-state index in [2.05, 4.69) is 0 Å². The maximum Gasteiger partial charge on any atom is 0.229 e. The summed E-state index contributed by atoms with van der Waals surface area (Å²) in [5.74, 6) is 0.524. The summed E-state index contributed by atoms with van der Waals surface area (Å²) in [6.07, 6.45) is 2.48. The van der Waals surface area contributed by atoms with Crippen molar-refractivity contribution in [3.63, 3.8) is 0 Å². The fourth-order valence-electron chi connectivity index (χ4n) is 2.27. The van der Waals surface area contributed by atoms with Crippen LogP contribution in [0.15, 0.2) is 24.3 Å². The van der Waals surface area contributed by atoms with Crippen LogP contribution in [-0.2, 0) is 16.1 Å². The number of carbonyl (C=O) groups excluding carboxylic acids is 2. The highest BCUT2D eigenvalue weighted by atomic mass is 16.5. The Bertz CT molecular complexity index is 470. The van der Waals surface area contributed by atoms with Crippen LogP contribution in [0.4, 0.5) is 0 Å². The molecule has 0 saturated carbocycles. The van der Waals surface area contributed by atoms with Crippen LogP contribution >= 0.6 is 0 Å². The zero-order chi connectivity index (χ0) is 14.4. The number of nitrogens with two attached hydrogens (primary N) is 1. The van der Waals surface area contributed by atoms with Crippen molar-refractivity contribution in [2.24, 2.45) is 5.73 Å². The summed E-state index contributed by atoms with van der Waals surface area (Å²) in [7, 11) is 0. The molecule has 1 aliphatic heterocycles. The maximum atomic E-state index is 11.8. The molecule has 0 spiro atoms. The molecular formula is C15H20N2O3. The van der Waals surface area contributed by atoms with Crippen LogP contribution in [0.2, 0.25) is 0 Å². The van der Waals surface area contributed by atoms with Gasteiger partial charge < -0.3 is 10.5 Å². The van der Waals surface area contributed by atoms with Gasteiger partial charge in [-0.1, -0.05) is 18.2 Å². The lowest BCUT2D eigenvalue weighted by Crippen LogP contribution is -2.38. The molecule has 1 fully saturated rings. The van der Waals surface area contributed by atoms with E-state index in [0.29, 0.717) is 38.3 Å². The van der Waals surface area contributed by atoms with Gasteiger partial charge in [0.15, 0.2) is 0 Å². The molecule has 2 rings (SSSR count). The molecule has 0 unspecified atom stereocenters. The smallest absolute Gasteiger partial charge is 0.229 e. The van der Waals surface area contributed by atoms with Crippen molar-refractivity contribution in [3.8, 4) is 5.75 Å². The molecule has 1 saturated heterocycles. The molecule has 1 heterocycles. The van der Waals surface area contributed by atoms with Crippen molar-refractivity contribution in [1.82, 2.24) is 4.90 Å². The molecule has 1 aromatic rings. The highest BCUT2D eigenvalue weighted by Crippen LogP contribution is 2.17. The second-order valence-electron chi connectivity index (χ2n) is 4.81. The Labute approximate surface area is 118 Å². The van der Waals surface area contributed by atoms with Crippen molar-refractivity contribution < 1.29 is 14.3 Å². The minimum absolute atomic E-state index is 0.0942. The molecule has 5 nitrogen and oxygen atoms in total. The first-order chi connectivity index (χ1) is 9.72. The third-order valence-corrected chi connectivity index (χ3v) is 3.40. The number of hydrogen-bond acceptors (Lipinski definition) is 4. The Morgan fingerprint density at radius 2 is 1.75 bits per heavy atom. The molecule has 0 aliphatic carbocycles. The Morgan fingerprint density at radius 3 is 2.40 bits per heavy atom. The summed E-state index contributed by atoms with van der Waals surface area (Å²) in [6, 6.07) is 7.51. The molecule has 20 heavy (non-hydrogen) atoms. The van der Waals surface area contributed by atoms with E-state index in [1.165, 1.54) is 4.90 Å². The fraction of sp³-hybridized carbons (Fsp3) is 0.467. The predicted octanol–water partition coefficient (Wildman–Crippen LogP) is 1.45. The van der Waals surface area contributed by atoms with E-state index in [1.807, 2.05) is 24.3 Å². The topological polar surface area (TPSA) is 72.6 Å². The van der Waals surface area contributed by atoms with E-state index >= 15 is 0 Å². The third kappa shape index (κ3) is 3.57. The third-order valence-electron chi connectivity index (χ3n) is 3.40. The van der Waals surface area contributed by atoms with E-state index < -0.39 is 0 Å². The second kappa shape index (κ2) is 7.05. The lowest BCUT2D eigenvalue weighted by atomic mass is 10.2. The molecule has 2 N–H and O–H groups in total. The van der Waals surface area contributed by atoms with Gasteiger partial charge in [-0.15, -0.1) is 0 Å². The molecule has 2 amide bonds. The average molecular weight is 276 g/mol. The van der Waals surface area contributed by atoms with Gasteiger partial charge in [0, 0.05) is 24.9 Å². The van der Waals surface area contributed by atoms with E-state index in [4.69, 9.17) is 10.5 Å². The molecule has 1 aliphatic rings. The van der Waals surface area contributed by atoms with Gasteiger partial charge in [-0.3, -0.25) is 14.5 Å². The van der Waals surface area contributed by atoms with Crippen molar-refractivity contribution in [2.45, 2.75) is 32.2 Å². The number of carbonyl (C=O) groups is 2. The van der Waals surface area contributed by atoms with Crippen molar-refractivity contribution >= 4 is 11.8 Å². The first-order valence-electron chi connectivity index (χ1n) is 6.96. The summed E-state index contributed by atoms with van der Waals surface area (Å²) < 4.78 is 5.64. The maximum absolute atomic E-state index is 11.8. The van der Waals surface area contributed by atoms with E-state index in [0.717, 1.165) is 18.4 Å². The Morgan fingerprint density at radius 1 is 1.10 bits per heavy atom. The molecule has 0 atom stereocenters. The normalized spacial score (nSPS) is 16.1. The van der Waals surface area contributed by atoms with Gasteiger partial charge in [-0.2, -0.15) is 0 Å². The van der Waals surface area contributed by atoms with Gasteiger partial charge in [0.25, 0.3) is 0 Å². The fourth-order valence-corrected chi connectivity index (χ4v) is 2.27. The van der Waals surface area contributed by atoms with E-state index in [1.54, 1.807) is 0 Å². The number of amides is 2. The molecule has 108 valence electrons. The Hall–Kier alpha value is -1.88. The number of rotatable bonds is 5. The first kappa shape index (κ1) is 14.5. The van der Waals surface area contributed by atoms with Gasteiger partial charge in [-0.05, 0) is 18.9 Å². The number of para-hydroxylation sites is 1. The lowest BCUT2D eigenvalue weighted by molar-refractivity contribution is -0.144. The molecule has 5 heteroatoms. The van der Waals surface area contributed by atoms with Crippen LogP contribution in [0, 0.1) is 0 Å². The number of likely N-dealkylation sites (tertiary alicyclic amines) is 1. The van der Waals surface area contributed by atoms with Crippen LogP contribution in [-0.4, -0.2) is 29.9 Å². The summed E-state index contributed by atoms with van der Waals surface area (Å²) in [5.41, 5.74) is 6.55. The zero-order valence-corrected chi connectivity index (χ0v) is 11.5.